The van der Waals surface area contributed by atoms with Crippen molar-refractivity contribution in [3.63, 3.8) is 0 Å². The molecule has 1 amide bonds. The average molecular weight is 230 g/mol. The molecule has 2 aromatic rings. The number of amides is 1. The van der Waals surface area contributed by atoms with Crippen LogP contribution < -0.4 is 5.32 Å². The van der Waals surface area contributed by atoms with Crippen LogP contribution in [-0.4, -0.2) is 29.1 Å². The van der Waals surface area contributed by atoms with Crippen LogP contribution in [0.4, 0.5) is 0 Å². The second kappa shape index (κ2) is 5.41. The van der Waals surface area contributed by atoms with Crippen LogP contribution in [0.1, 0.15) is 16.8 Å². The van der Waals surface area contributed by atoms with Gasteiger partial charge in [-0.05, 0) is 24.6 Å². The highest BCUT2D eigenvalue weighted by Crippen LogP contribution is 2.15. The monoisotopic (exact) mass is 230 g/mol. The number of carbonyl (C=O) groups excluding carboxylic acids is 1. The van der Waals surface area contributed by atoms with Crippen molar-refractivity contribution in [3.8, 4) is 0 Å². The number of nitrogens with one attached hydrogen (secondary N) is 1. The zero-order valence-corrected chi connectivity index (χ0v) is 9.39. The Balaban J connectivity index is 2.26. The van der Waals surface area contributed by atoms with E-state index in [0.717, 1.165) is 10.9 Å². The van der Waals surface area contributed by atoms with Gasteiger partial charge in [-0.2, -0.15) is 0 Å². The molecule has 2 N–H and O–H groups in total. The molecular formula is C13H14N2O2. The summed E-state index contributed by atoms with van der Waals surface area (Å²) < 4.78 is 0. The third kappa shape index (κ3) is 2.60. The van der Waals surface area contributed by atoms with Crippen LogP contribution in [0, 0.1) is 0 Å². The van der Waals surface area contributed by atoms with Crippen molar-refractivity contribution in [1.29, 1.82) is 0 Å². The van der Waals surface area contributed by atoms with E-state index in [-0.39, 0.29) is 12.5 Å². The lowest BCUT2D eigenvalue weighted by molar-refractivity contribution is 0.0953. The Kier molecular flexibility index (Phi) is 3.67. The molecule has 2 rings (SSSR count). The molecule has 1 aromatic carbocycles. The molecule has 0 aliphatic heterocycles. The molecule has 0 aliphatic rings. The second-order valence-electron chi connectivity index (χ2n) is 3.71. The quantitative estimate of drug-likeness (QED) is 0.779. The molecular weight excluding hydrogens is 216 g/mol. The maximum atomic E-state index is 11.9. The van der Waals surface area contributed by atoms with Crippen LogP contribution in [0.3, 0.4) is 0 Å². The van der Waals surface area contributed by atoms with Gasteiger partial charge < -0.3 is 10.4 Å². The summed E-state index contributed by atoms with van der Waals surface area (Å²) in [5.74, 6) is -0.128. The zero-order valence-electron chi connectivity index (χ0n) is 9.39. The summed E-state index contributed by atoms with van der Waals surface area (Å²) in [7, 11) is 0. The lowest BCUT2D eigenvalue weighted by Gasteiger charge is -2.06. The van der Waals surface area contributed by atoms with E-state index in [9.17, 15) is 4.79 Å². The number of carbonyl (C=O) groups is 1. The number of hydrogen-bond donors (Lipinski definition) is 2. The third-order valence-electron chi connectivity index (χ3n) is 2.51. The first-order valence-electron chi connectivity index (χ1n) is 5.56. The first kappa shape index (κ1) is 11.5. The predicted molar refractivity (Wildman–Crippen MR) is 65.8 cm³/mol. The van der Waals surface area contributed by atoms with Crippen LogP contribution in [0.5, 0.6) is 0 Å². The Bertz CT molecular complexity index is 520. The molecule has 0 saturated heterocycles. The fourth-order valence-corrected chi connectivity index (χ4v) is 1.68. The van der Waals surface area contributed by atoms with E-state index in [0.29, 0.717) is 18.5 Å². The minimum Gasteiger partial charge on any atom is -0.396 e. The molecule has 4 nitrogen and oxygen atoms in total. The highest BCUT2D eigenvalue weighted by molar-refractivity contribution is 6.06. The SMILES string of the molecule is O=C(NCCCO)c1cccc2ncccc12. The van der Waals surface area contributed by atoms with Gasteiger partial charge in [0, 0.05) is 30.3 Å². The molecule has 1 heterocycles. The number of rotatable bonds is 4. The lowest BCUT2D eigenvalue weighted by Crippen LogP contribution is -2.25. The summed E-state index contributed by atoms with van der Waals surface area (Å²) in [6.45, 7) is 0.559. The van der Waals surface area contributed by atoms with Crippen molar-refractivity contribution >= 4 is 16.8 Å². The van der Waals surface area contributed by atoms with Gasteiger partial charge in [0.1, 0.15) is 0 Å². The largest absolute Gasteiger partial charge is 0.396 e. The maximum absolute atomic E-state index is 11.9. The molecule has 4 heteroatoms. The van der Waals surface area contributed by atoms with Crippen LogP contribution >= 0.6 is 0 Å². The van der Waals surface area contributed by atoms with Gasteiger partial charge in [0.2, 0.25) is 0 Å². The minimum atomic E-state index is -0.128. The van der Waals surface area contributed by atoms with Gasteiger partial charge in [-0.3, -0.25) is 9.78 Å². The van der Waals surface area contributed by atoms with Crippen LogP contribution in [0.25, 0.3) is 10.9 Å². The van der Waals surface area contributed by atoms with Gasteiger partial charge in [0.25, 0.3) is 5.91 Å². The zero-order chi connectivity index (χ0) is 12.1. The number of aliphatic hydroxyl groups is 1. The van der Waals surface area contributed by atoms with Crippen molar-refractivity contribution in [1.82, 2.24) is 10.3 Å². The number of pyridine rings is 1. The molecule has 1 aromatic heterocycles. The smallest absolute Gasteiger partial charge is 0.251 e. The fourth-order valence-electron chi connectivity index (χ4n) is 1.68. The van der Waals surface area contributed by atoms with Crippen molar-refractivity contribution < 1.29 is 9.90 Å². The molecule has 0 fully saturated rings. The summed E-state index contributed by atoms with van der Waals surface area (Å²) in [6, 6.07) is 9.16. The Labute approximate surface area is 99.3 Å². The average Bonchev–Trinajstić information content (AvgIpc) is 2.38. The molecule has 88 valence electrons. The standard InChI is InChI=1S/C13H14N2O2/c16-9-3-8-15-13(17)11-4-1-6-12-10(11)5-2-7-14-12/h1-2,4-7,16H,3,8-9H2,(H,15,17). The fraction of sp³-hybridized carbons (Fsp3) is 0.231. The number of hydrogen-bond acceptors (Lipinski definition) is 3. The van der Waals surface area contributed by atoms with Gasteiger partial charge in [0.05, 0.1) is 5.52 Å². The van der Waals surface area contributed by atoms with Crippen molar-refractivity contribution in [2.75, 3.05) is 13.2 Å². The molecule has 0 unspecified atom stereocenters. The van der Waals surface area contributed by atoms with Gasteiger partial charge in [-0.15, -0.1) is 0 Å². The van der Waals surface area contributed by atoms with E-state index in [1.165, 1.54) is 0 Å². The summed E-state index contributed by atoms with van der Waals surface area (Å²) >= 11 is 0. The van der Waals surface area contributed by atoms with Gasteiger partial charge >= 0.3 is 0 Å². The van der Waals surface area contributed by atoms with Crippen molar-refractivity contribution in [3.05, 3.63) is 42.1 Å². The highest BCUT2D eigenvalue weighted by Gasteiger charge is 2.08. The van der Waals surface area contributed by atoms with E-state index >= 15 is 0 Å². The Morgan fingerprint density at radius 2 is 2.18 bits per heavy atom. The normalized spacial score (nSPS) is 10.4. The van der Waals surface area contributed by atoms with Crippen molar-refractivity contribution in [2.45, 2.75) is 6.42 Å². The van der Waals surface area contributed by atoms with Gasteiger partial charge in [-0.1, -0.05) is 12.1 Å². The van der Waals surface area contributed by atoms with Crippen molar-refractivity contribution in [2.24, 2.45) is 0 Å². The van der Waals surface area contributed by atoms with Gasteiger partial charge in [0.15, 0.2) is 0 Å². The molecule has 0 radical (unpaired) electrons. The third-order valence-corrected chi connectivity index (χ3v) is 2.51. The summed E-state index contributed by atoms with van der Waals surface area (Å²) in [6.07, 6.45) is 2.27. The topological polar surface area (TPSA) is 62.2 Å². The molecule has 0 saturated carbocycles. The molecule has 0 spiro atoms. The predicted octanol–water partition coefficient (Wildman–Crippen LogP) is 1.35. The molecule has 0 aliphatic carbocycles. The van der Waals surface area contributed by atoms with E-state index < -0.39 is 0 Å². The summed E-state index contributed by atoms with van der Waals surface area (Å²) in [4.78, 5) is 16.1. The molecule has 0 atom stereocenters. The number of benzene rings is 1. The van der Waals surface area contributed by atoms with E-state index in [4.69, 9.17) is 5.11 Å². The number of nitrogens with zero attached hydrogens (tertiary/aromatic N) is 1. The van der Waals surface area contributed by atoms with Gasteiger partial charge in [-0.25, -0.2) is 0 Å². The van der Waals surface area contributed by atoms with Crippen LogP contribution in [-0.2, 0) is 0 Å². The number of fused-ring (bicyclic) bond motifs is 1. The number of aliphatic hydroxyl groups excluding tert-OH is 1. The van der Waals surface area contributed by atoms with Crippen LogP contribution in [0.15, 0.2) is 36.5 Å². The Morgan fingerprint density at radius 3 is 3.00 bits per heavy atom. The van der Waals surface area contributed by atoms with E-state index in [1.807, 2.05) is 24.3 Å². The van der Waals surface area contributed by atoms with E-state index in [1.54, 1.807) is 12.3 Å². The Morgan fingerprint density at radius 1 is 1.29 bits per heavy atom. The van der Waals surface area contributed by atoms with E-state index in [2.05, 4.69) is 10.3 Å². The number of aromatic nitrogens is 1. The highest BCUT2D eigenvalue weighted by atomic mass is 16.3. The summed E-state index contributed by atoms with van der Waals surface area (Å²) in [5, 5.41) is 12.3. The summed E-state index contributed by atoms with van der Waals surface area (Å²) in [5.41, 5.74) is 1.43. The maximum Gasteiger partial charge on any atom is 0.251 e. The second-order valence-corrected chi connectivity index (χ2v) is 3.71. The molecule has 17 heavy (non-hydrogen) atoms. The van der Waals surface area contributed by atoms with Crippen LogP contribution in [0.2, 0.25) is 0 Å². The Hall–Kier alpha value is -1.94. The first-order chi connectivity index (χ1) is 8.33. The lowest BCUT2D eigenvalue weighted by atomic mass is 10.1. The minimum absolute atomic E-state index is 0.0807. The molecule has 0 bridgehead atoms. The first-order valence-corrected chi connectivity index (χ1v) is 5.56.